The molecule has 10 heteroatoms. The van der Waals surface area contributed by atoms with Crippen LogP contribution in [0.4, 0.5) is 10.1 Å². The molecule has 2 aromatic heterocycles. The summed E-state index contributed by atoms with van der Waals surface area (Å²) in [7, 11) is 1.57. The van der Waals surface area contributed by atoms with E-state index >= 15 is 0 Å². The smallest absolute Gasteiger partial charge is 0.278 e. The second-order valence-corrected chi connectivity index (χ2v) is 8.51. The van der Waals surface area contributed by atoms with E-state index in [4.69, 9.17) is 21.3 Å². The average molecular weight is 459 g/mol. The van der Waals surface area contributed by atoms with Crippen molar-refractivity contribution in [2.24, 2.45) is 0 Å². The van der Waals surface area contributed by atoms with Crippen molar-refractivity contribution in [2.45, 2.75) is 18.2 Å². The quantitative estimate of drug-likeness (QED) is 0.469. The van der Waals surface area contributed by atoms with Crippen LogP contribution in [0.1, 0.15) is 0 Å². The summed E-state index contributed by atoms with van der Waals surface area (Å²) in [6.45, 7) is 0.456. The molecule has 7 nitrogen and oxygen atoms in total. The first-order valence-electron chi connectivity index (χ1n) is 9.45. The van der Waals surface area contributed by atoms with E-state index in [2.05, 4.69) is 5.32 Å². The molecule has 1 amide bonds. The molecular weight excluding hydrogens is 443 g/mol. The molecule has 3 heterocycles. The Balaban J connectivity index is 1.63. The lowest BCUT2D eigenvalue weighted by atomic mass is 10.2. The molecule has 158 valence electrons. The molecule has 0 fully saturated rings. The highest BCUT2D eigenvalue weighted by Gasteiger charge is 2.23. The second-order valence-electron chi connectivity index (χ2n) is 7.04. The van der Waals surface area contributed by atoms with Crippen LogP contribution in [0.2, 0.25) is 5.02 Å². The SMILES string of the molecule is COc1ccc2c(c1)c1nc3n(c(=O)c1n2CC(=O)Nc1ccc(F)c(Cl)c1)CCS3. The van der Waals surface area contributed by atoms with Crippen molar-refractivity contribution in [3.63, 3.8) is 0 Å². The van der Waals surface area contributed by atoms with Crippen LogP contribution in [0.3, 0.4) is 0 Å². The number of halogens is 2. The van der Waals surface area contributed by atoms with E-state index in [1.165, 1.54) is 30.0 Å². The van der Waals surface area contributed by atoms with Crippen LogP contribution in [-0.2, 0) is 17.9 Å². The summed E-state index contributed by atoms with van der Waals surface area (Å²) in [6, 6.07) is 9.34. The van der Waals surface area contributed by atoms with Gasteiger partial charge >= 0.3 is 0 Å². The molecule has 2 aromatic carbocycles. The molecule has 1 N–H and O–H groups in total. The number of nitrogens with zero attached hydrogens (tertiary/aromatic N) is 3. The fraction of sp³-hybridized carbons (Fsp3) is 0.190. The van der Waals surface area contributed by atoms with Gasteiger partial charge in [-0.3, -0.25) is 14.2 Å². The van der Waals surface area contributed by atoms with Gasteiger partial charge in [-0.15, -0.1) is 0 Å². The number of thioether (sulfide) groups is 1. The molecular formula is C21H16ClFN4O3S. The first-order chi connectivity index (χ1) is 15.0. The largest absolute Gasteiger partial charge is 0.497 e. The third-order valence-corrected chi connectivity index (χ3v) is 6.43. The maximum Gasteiger partial charge on any atom is 0.278 e. The number of anilines is 1. The van der Waals surface area contributed by atoms with Crippen molar-refractivity contribution in [1.29, 1.82) is 0 Å². The molecule has 0 spiro atoms. The second kappa shape index (κ2) is 7.58. The lowest BCUT2D eigenvalue weighted by Crippen LogP contribution is -2.25. The Hall–Kier alpha value is -3.04. The van der Waals surface area contributed by atoms with Gasteiger partial charge in [-0.2, -0.15) is 0 Å². The molecule has 0 bridgehead atoms. The van der Waals surface area contributed by atoms with Gasteiger partial charge in [-0.05, 0) is 36.4 Å². The minimum absolute atomic E-state index is 0.0859. The Labute approximate surface area is 184 Å². The van der Waals surface area contributed by atoms with Crippen LogP contribution in [0.5, 0.6) is 5.75 Å². The molecule has 0 aliphatic carbocycles. The number of carbonyl (C=O) groups excluding carboxylic acids is 1. The molecule has 0 radical (unpaired) electrons. The first-order valence-corrected chi connectivity index (χ1v) is 10.8. The first kappa shape index (κ1) is 19.9. The summed E-state index contributed by atoms with van der Waals surface area (Å²) >= 11 is 7.33. The summed E-state index contributed by atoms with van der Waals surface area (Å²) in [5.41, 5.74) is 1.78. The third kappa shape index (κ3) is 3.34. The molecule has 0 saturated heterocycles. The maximum absolute atomic E-state index is 13.4. The van der Waals surface area contributed by atoms with Gasteiger partial charge in [0.25, 0.3) is 5.56 Å². The molecule has 0 unspecified atom stereocenters. The van der Waals surface area contributed by atoms with E-state index in [0.29, 0.717) is 39.7 Å². The number of nitrogens with one attached hydrogen (secondary N) is 1. The number of amides is 1. The number of fused-ring (bicyclic) bond motifs is 4. The Morgan fingerprint density at radius 2 is 2.16 bits per heavy atom. The minimum atomic E-state index is -0.568. The zero-order valence-electron chi connectivity index (χ0n) is 16.3. The number of rotatable bonds is 4. The van der Waals surface area contributed by atoms with Crippen molar-refractivity contribution in [3.8, 4) is 5.75 Å². The van der Waals surface area contributed by atoms with Crippen LogP contribution < -0.4 is 15.6 Å². The van der Waals surface area contributed by atoms with Crippen LogP contribution in [-0.4, -0.2) is 32.9 Å². The number of aromatic nitrogens is 3. The Morgan fingerprint density at radius 3 is 2.94 bits per heavy atom. The maximum atomic E-state index is 13.4. The highest BCUT2D eigenvalue weighted by molar-refractivity contribution is 7.99. The van der Waals surface area contributed by atoms with Gasteiger partial charge in [-0.25, -0.2) is 9.37 Å². The number of methoxy groups -OCH3 is 1. The van der Waals surface area contributed by atoms with E-state index in [9.17, 15) is 14.0 Å². The van der Waals surface area contributed by atoms with Crippen LogP contribution >= 0.6 is 23.4 Å². The fourth-order valence-corrected chi connectivity index (χ4v) is 4.88. The van der Waals surface area contributed by atoms with Crippen molar-refractivity contribution >= 4 is 56.9 Å². The van der Waals surface area contributed by atoms with E-state index in [0.717, 1.165) is 11.1 Å². The molecule has 4 aromatic rings. The zero-order valence-corrected chi connectivity index (χ0v) is 17.9. The summed E-state index contributed by atoms with van der Waals surface area (Å²) in [6.07, 6.45) is 0. The lowest BCUT2D eigenvalue weighted by Gasteiger charge is -2.10. The van der Waals surface area contributed by atoms with Crippen LogP contribution in [0.15, 0.2) is 46.3 Å². The highest BCUT2D eigenvalue weighted by atomic mass is 35.5. The normalized spacial score (nSPS) is 13.0. The van der Waals surface area contributed by atoms with Gasteiger partial charge in [0.15, 0.2) is 5.16 Å². The van der Waals surface area contributed by atoms with E-state index in [-0.39, 0.29) is 23.0 Å². The van der Waals surface area contributed by atoms with Crippen LogP contribution in [0.25, 0.3) is 21.9 Å². The average Bonchev–Trinajstić information content (AvgIpc) is 3.34. The van der Waals surface area contributed by atoms with Crippen molar-refractivity contribution in [2.75, 3.05) is 18.2 Å². The molecule has 1 aliphatic heterocycles. The topological polar surface area (TPSA) is 78.2 Å². The molecule has 31 heavy (non-hydrogen) atoms. The lowest BCUT2D eigenvalue weighted by molar-refractivity contribution is -0.116. The molecule has 0 atom stereocenters. The number of benzene rings is 2. The predicted molar refractivity (Wildman–Crippen MR) is 119 cm³/mol. The van der Waals surface area contributed by atoms with E-state index < -0.39 is 5.82 Å². The van der Waals surface area contributed by atoms with Crippen LogP contribution in [0, 0.1) is 5.82 Å². The summed E-state index contributed by atoms with van der Waals surface area (Å²) in [5, 5.41) is 4.02. The van der Waals surface area contributed by atoms with Crippen molar-refractivity contribution < 1.29 is 13.9 Å². The summed E-state index contributed by atoms with van der Waals surface area (Å²) in [4.78, 5) is 30.8. The van der Waals surface area contributed by atoms with Crippen molar-refractivity contribution in [3.05, 3.63) is 57.6 Å². The molecule has 0 saturated carbocycles. The van der Waals surface area contributed by atoms with Gasteiger partial charge in [0.2, 0.25) is 5.91 Å². The van der Waals surface area contributed by atoms with Gasteiger partial charge in [-0.1, -0.05) is 23.4 Å². The monoisotopic (exact) mass is 458 g/mol. The van der Waals surface area contributed by atoms with Crippen molar-refractivity contribution in [1.82, 2.24) is 14.1 Å². The van der Waals surface area contributed by atoms with E-state index in [1.54, 1.807) is 28.4 Å². The minimum Gasteiger partial charge on any atom is -0.497 e. The number of carbonyl (C=O) groups is 1. The molecule has 1 aliphatic rings. The van der Waals surface area contributed by atoms with Gasteiger partial charge in [0.05, 0.1) is 17.6 Å². The van der Waals surface area contributed by atoms with Gasteiger partial charge in [0.1, 0.15) is 29.1 Å². The Morgan fingerprint density at radius 1 is 1.32 bits per heavy atom. The standard InChI is InChI=1S/C21H16ClFN4O3S/c1-30-12-3-5-16-13(9-12)18-19(20(29)26-6-7-31-21(26)25-18)27(16)10-17(28)24-11-2-4-15(23)14(22)8-11/h2-5,8-9H,6-7,10H2,1H3,(H,24,28). The predicted octanol–water partition coefficient (Wildman–Crippen LogP) is 3.90. The Bertz CT molecular complexity index is 1430. The molecule has 5 rings (SSSR count). The van der Waals surface area contributed by atoms with Gasteiger partial charge in [0, 0.05) is 23.4 Å². The Kier molecular flexibility index (Phi) is 4.86. The number of ether oxygens (including phenoxy) is 1. The highest BCUT2D eigenvalue weighted by Crippen LogP contribution is 2.32. The zero-order chi connectivity index (χ0) is 21.7. The fourth-order valence-electron chi connectivity index (χ4n) is 3.76. The number of hydrogen-bond donors (Lipinski definition) is 1. The number of hydrogen-bond acceptors (Lipinski definition) is 5. The van der Waals surface area contributed by atoms with E-state index in [1.807, 2.05) is 6.07 Å². The summed E-state index contributed by atoms with van der Waals surface area (Å²) < 4.78 is 22.0. The third-order valence-electron chi connectivity index (χ3n) is 5.18. The van der Waals surface area contributed by atoms with Gasteiger partial charge < -0.3 is 14.6 Å². The summed E-state index contributed by atoms with van der Waals surface area (Å²) in [5.74, 6) is 0.465.